The van der Waals surface area contributed by atoms with Crippen LogP contribution in [0.2, 0.25) is 0 Å². The molecule has 0 saturated heterocycles. The van der Waals surface area contributed by atoms with Gasteiger partial charge in [-0.1, -0.05) is 48.2 Å². The molecule has 0 aliphatic heterocycles. The fraction of sp³-hybridized carbons (Fsp3) is 0.318. The van der Waals surface area contributed by atoms with E-state index < -0.39 is 0 Å². The maximum atomic E-state index is 6.02. The van der Waals surface area contributed by atoms with E-state index in [0.29, 0.717) is 13.2 Å². The summed E-state index contributed by atoms with van der Waals surface area (Å²) in [6, 6.07) is 16.0. The summed E-state index contributed by atoms with van der Waals surface area (Å²) in [5, 5.41) is 0. The summed E-state index contributed by atoms with van der Waals surface area (Å²) in [5.74, 6) is 8.09. The van der Waals surface area contributed by atoms with E-state index in [9.17, 15) is 0 Å². The van der Waals surface area contributed by atoms with Crippen LogP contribution in [-0.4, -0.2) is 18.6 Å². The van der Waals surface area contributed by atoms with Crippen LogP contribution >= 0.6 is 0 Å². The summed E-state index contributed by atoms with van der Waals surface area (Å²) in [4.78, 5) is 6.43. The van der Waals surface area contributed by atoms with E-state index >= 15 is 0 Å². The van der Waals surface area contributed by atoms with Gasteiger partial charge in [-0.15, -0.1) is 0 Å². The highest BCUT2D eigenvalue weighted by molar-refractivity contribution is 5.38. The maximum absolute atomic E-state index is 6.02. The summed E-state index contributed by atoms with van der Waals surface area (Å²) < 4.78 is 6.02. The summed E-state index contributed by atoms with van der Waals surface area (Å²) in [5.41, 5.74) is 1.10. The van der Waals surface area contributed by atoms with Crippen LogP contribution in [0.3, 0.4) is 0 Å². The molecule has 1 heterocycles. The molecular formula is C22H26N2O. The lowest BCUT2D eigenvalue weighted by molar-refractivity contribution is 0.195. The van der Waals surface area contributed by atoms with Crippen molar-refractivity contribution >= 4 is 5.82 Å². The largest absolute Gasteiger partial charge is 0.491 e. The Morgan fingerprint density at radius 1 is 1.12 bits per heavy atom. The number of likely N-dealkylation sites (N-methyl/N-ethyl adjacent to an activating group) is 1. The molecule has 0 fully saturated rings. The summed E-state index contributed by atoms with van der Waals surface area (Å²) >= 11 is 0. The minimum atomic E-state index is -0.0338. The van der Waals surface area contributed by atoms with Crippen molar-refractivity contribution < 1.29 is 4.74 Å². The van der Waals surface area contributed by atoms with Crippen molar-refractivity contribution in [1.82, 2.24) is 4.98 Å². The Kier molecular flexibility index (Phi) is 6.65. The van der Waals surface area contributed by atoms with Crippen LogP contribution in [0.25, 0.3) is 0 Å². The van der Waals surface area contributed by atoms with Crippen LogP contribution in [-0.2, 0) is 11.3 Å². The third-order valence-electron chi connectivity index (χ3n) is 3.38. The van der Waals surface area contributed by atoms with Crippen LogP contribution in [0, 0.1) is 17.3 Å². The Hall–Kier alpha value is -2.73. The number of nitrogens with zero attached hydrogens (tertiary/aromatic N) is 2. The summed E-state index contributed by atoms with van der Waals surface area (Å²) in [6.07, 6.45) is 3.66. The number of pyridine rings is 1. The van der Waals surface area contributed by atoms with Crippen LogP contribution in [0.5, 0.6) is 0 Å². The van der Waals surface area contributed by atoms with Crippen LogP contribution < -0.4 is 4.90 Å². The molecule has 0 saturated carbocycles. The first kappa shape index (κ1) is 18.6. The average molecular weight is 334 g/mol. The van der Waals surface area contributed by atoms with Gasteiger partial charge in [-0.05, 0) is 38.5 Å². The second kappa shape index (κ2) is 8.94. The molecule has 1 aromatic heterocycles. The molecule has 0 aliphatic carbocycles. The van der Waals surface area contributed by atoms with Gasteiger partial charge in [0.2, 0.25) is 0 Å². The van der Waals surface area contributed by atoms with Crippen molar-refractivity contribution in [3.05, 3.63) is 72.1 Å². The molecule has 0 radical (unpaired) electrons. The Morgan fingerprint density at radius 3 is 2.48 bits per heavy atom. The second-order valence-corrected chi connectivity index (χ2v) is 6.95. The Morgan fingerprint density at radius 2 is 1.84 bits per heavy atom. The van der Waals surface area contributed by atoms with Gasteiger partial charge in [-0.25, -0.2) is 4.98 Å². The number of rotatable bonds is 6. The van der Waals surface area contributed by atoms with Crippen molar-refractivity contribution in [2.75, 3.05) is 18.5 Å². The van der Waals surface area contributed by atoms with Gasteiger partial charge in [0.05, 0.1) is 6.54 Å². The molecule has 0 amide bonds. The first-order valence-corrected chi connectivity index (χ1v) is 8.45. The molecule has 0 aliphatic rings. The van der Waals surface area contributed by atoms with Gasteiger partial charge in [-0.3, -0.25) is 0 Å². The first-order chi connectivity index (χ1) is 11.9. The third-order valence-corrected chi connectivity index (χ3v) is 3.38. The summed E-state index contributed by atoms with van der Waals surface area (Å²) in [6.45, 7) is 7.43. The molecule has 0 atom stereocenters. The molecule has 3 heteroatoms. The van der Waals surface area contributed by atoms with Gasteiger partial charge < -0.3 is 9.64 Å². The van der Waals surface area contributed by atoms with Crippen LogP contribution in [0.1, 0.15) is 26.3 Å². The molecule has 2 aromatic rings. The lowest BCUT2D eigenvalue weighted by Crippen LogP contribution is -2.22. The molecule has 0 bridgehead atoms. The molecule has 130 valence electrons. The highest BCUT2D eigenvalue weighted by atomic mass is 16.5. The Balaban J connectivity index is 2.10. The van der Waals surface area contributed by atoms with Crippen molar-refractivity contribution in [2.24, 2.45) is 5.41 Å². The van der Waals surface area contributed by atoms with E-state index in [2.05, 4.69) is 54.6 Å². The zero-order chi connectivity index (χ0) is 18.1. The number of allylic oxidation sites excluding steroid dienone is 1. The van der Waals surface area contributed by atoms with Crippen molar-refractivity contribution in [3.8, 4) is 11.8 Å². The lowest BCUT2D eigenvalue weighted by atomic mass is 9.98. The Labute approximate surface area is 151 Å². The quantitative estimate of drug-likeness (QED) is 0.567. The number of hydrogen-bond donors (Lipinski definition) is 0. The SMILES string of the molecule is CN(C/C(=C\C#CC(C)(C)C)OCc1ccccc1)c1ccccn1. The predicted octanol–water partition coefficient (Wildman–Crippen LogP) is 4.67. The zero-order valence-electron chi connectivity index (χ0n) is 15.5. The second-order valence-electron chi connectivity index (χ2n) is 6.95. The van der Waals surface area contributed by atoms with Gasteiger partial charge in [-0.2, -0.15) is 0 Å². The number of anilines is 1. The summed E-state index contributed by atoms with van der Waals surface area (Å²) in [7, 11) is 2.00. The molecule has 3 nitrogen and oxygen atoms in total. The first-order valence-electron chi connectivity index (χ1n) is 8.45. The average Bonchev–Trinajstić information content (AvgIpc) is 2.60. The highest BCUT2D eigenvalue weighted by Gasteiger charge is 2.07. The number of hydrogen-bond acceptors (Lipinski definition) is 3. The topological polar surface area (TPSA) is 25.4 Å². The lowest BCUT2D eigenvalue weighted by Gasteiger charge is -2.20. The van der Waals surface area contributed by atoms with Gasteiger partial charge in [0.1, 0.15) is 18.2 Å². The molecule has 2 rings (SSSR count). The fourth-order valence-electron chi connectivity index (χ4n) is 2.11. The molecule has 1 aromatic carbocycles. The zero-order valence-corrected chi connectivity index (χ0v) is 15.5. The minimum Gasteiger partial charge on any atom is -0.491 e. The van der Waals surface area contributed by atoms with E-state index in [4.69, 9.17) is 4.74 Å². The standard InChI is InChI=1S/C22H26N2O/c1-22(2,3)15-10-13-20(25-18-19-11-6-5-7-12-19)17-24(4)21-14-8-9-16-23-21/h5-9,11-14,16H,17-18H2,1-4H3/b20-13+. The van der Waals surface area contributed by atoms with E-state index in [0.717, 1.165) is 17.1 Å². The highest BCUT2D eigenvalue weighted by Crippen LogP contribution is 2.13. The van der Waals surface area contributed by atoms with Gasteiger partial charge in [0.15, 0.2) is 0 Å². The third kappa shape index (κ3) is 7.14. The molecule has 0 spiro atoms. The minimum absolute atomic E-state index is 0.0338. The van der Waals surface area contributed by atoms with E-state index in [1.807, 2.05) is 49.5 Å². The van der Waals surface area contributed by atoms with Crippen molar-refractivity contribution in [2.45, 2.75) is 27.4 Å². The number of ether oxygens (including phenoxy) is 1. The van der Waals surface area contributed by atoms with Crippen LogP contribution in [0.15, 0.2) is 66.6 Å². The van der Waals surface area contributed by atoms with E-state index in [-0.39, 0.29) is 5.41 Å². The smallest absolute Gasteiger partial charge is 0.128 e. The molecular weight excluding hydrogens is 308 g/mol. The monoisotopic (exact) mass is 334 g/mol. The van der Waals surface area contributed by atoms with Crippen LogP contribution in [0.4, 0.5) is 5.82 Å². The predicted molar refractivity (Wildman–Crippen MR) is 104 cm³/mol. The normalized spacial score (nSPS) is 11.4. The number of benzene rings is 1. The maximum Gasteiger partial charge on any atom is 0.128 e. The Bertz CT molecular complexity index is 734. The van der Waals surface area contributed by atoms with Crippen molar-refractivity contribution in [3.63, 3.8) is 0 Å². The number of aromatic nitrogens is 1. The van der Waals surface area contributed by atoms with Crippen molar-refractivity contribution in [1.29, 1.82) is 0 Å². The molecule has 25 heavy (non-hydrogen) atoms. The van der Waals surface area contributed by atoms with Gasteiger partial charge in [0.25, 0.3) is 0 Å². The van der Waals surface area contributed by atoms with E-state index in [1.54, 1.807) is 6.20 Å². The van der Waals surface area contributed by atoms with Gasteiger partial charge >= 0.3 is 0 Å². The molecule has 0 unspecified atom stereocenters. The fourth-order valence-corrected chi connectivity index (χ4v) is 2.11. The van der Waals surface area contributed by atoms with Gasteiger partial charge in [0, 0.05) is 24.7 Å². The van der Waals surface area contributed by atoms with E-state index in [1.165, 1.54) is 0 Å². The molecule has 0 N–H and O–H groups in total.